The molecule has 1 aliphatic rings. The summed E-state index contributed by atoms with van der Waals surface area (Å²) in [4.78, 5) is 27.7. The van der Waals surface area contributed by atoms with Crippen LogP contribution in [-0.4, -0.2) is 25.4 Å². The lowest BCUT2D eigenvalue weighted by atomic mass is 10.1. The Hall–Kier alpha value is -2.76. The molecule has 1 aliphatic heterocycles. The molecule has 4 nitrogen and oxygen atoms in total. The van der Waals surface area contributed by atoms with Crippen LogP contribution in [0.5, 0.6) is 0 Å². The summed E-state index contributed by atoms with van der Waals surface area (Å²) < 4.78 is 26.8. The van der Waals surface area contributed by atoms with E-state index < -0.39 is 17.6 Å². The van der Waals surface area contributed by atoms with Gasteiger partial charge in [0.25, 0.3) is 0 Å². The van der Waals surface area contributed by atoms with E-state index in [2.05, 4.69) is 0 Å². The molecule has 0 aromatic heterocycles. The third-order valence-corrected chi connectivity index (χ3v) is 4.39. The van der Waals surface area contributed by atoms with E-state index in [1.54, 1.807) is 7.05 Å². The van der Waals surface area contributed by atoms with Crippen molar-refractivity contribution in [3.05, 3.63) is 59.7 Å². The summed E-state index contributed by atoms with van der Waals surface area (Å²) in [7, 11) is 1.65. The Morgan fingerprint density at radius 1 is 1.12 bits per heavy atom. The molecular formula is C19H18F2N2O2. The number of halogens is 2. The molecule has 2 aromatic rings. The molecule has 1 atom stereocenters. The molecule has 0 aliphatic carbocycles. The van der Waals surface area contributed by atoms with Gasteiger partial charge in [-0.15, -0.1) is 0 Å². The summed E-state index contributed by atoms with van der Waals surface area (Å²) in [5.41, 5.74) is 1.95. The SMILES string of the molecule is Cc1ccc(N(C)C(=O)C2CC(=O)N(c3cc(F)cc(F)c3)C2)cc1. The third kappa shape index (κ3) is 3.52. The molecule has 0 N–H and O–H groups in total. The van der Waals surface area contributed by atoms with Gasteiger partial charge in [-0.3, -0.25) is 9.59 Å². The first-order valence-corrected chi connectivity index (χ1v) is 7.96. The van der Waals surface area contributed by atoms with Gasteiger partial charge in [0.2, 0.25) is 11.8 Å². The van der Waals surface area contributed by atoms with Crippen LogP contribution in [0.25, 0.3) is 0 Å². The zero-order valence-corrected chi connectivity index (χ0v) is 14.0. The number of amides is 2. The molecule has 1 unspecified atom stereocenters. The minimum absolute atomic E-state index is 0.0210. The number of anilines is 2. The largest absolute Gasteiger partial charge is 0.315 e. The Morgan fingerprint density at radius 3 is 2.32 bits per heavy atom. The van der Waals surface area contributed by atoms with Crippen LogP contribution in [0, 0.1) is 24.5 Å². The van der Waals surface area contributed by atoms with Crippen molar-refractivity contribution < 1.29 is 18.4 Å². The van der Waals surface area contributed by atoms with E-state index in [1.807, 2.05) is 31.2 Å². The van der Waals surface area contributed by atoms with Gasteiger partial charge in [0.15, 0.2) is 0 Å². The van der Waals surface area contributed by atoms with Crippen molar-refractivity contribution in [2.75, 3.05) is 23.4 Å². The Labute approximate surface area is 144 Å². The van der Waals surface area contributed by atoms with Crippen LogP contribution in [0.4, 0.5) is 20.2 Å². The molecule has 2 aromatic carbocycles. The number of benzene rings is 2. The fourth-order valence-electron chi connectivity index (χ4n) is 2.99. The average molecular weight is 344 g/mol. The van der Waals surface area contributed by atoms with E-state index >= 15 is 0 Å². The summed E-state index contributed by atoms with van der Waals surface area (Å²) >= 11 is 0. The van der Waals surface area contributed by atoms with Crippen molar-refractivity contribution >= 4 is 23.2 Å². The second kappa shape index (κ2) is 6.63. The highest BCUT2D eigenvalue weighted by Gasteiger charge is 2.37. The molecule has 0 radical (unpaired) electrons. The molecule has 6 heteroatoms. The van der Waals surface area contributed by atoms with Crippen LogP contribution < -0.4 is 9.80 Å². The van der Waals surface area contributed by atoms with E-state index in [1.165, 1.54) is 9.80 Å². The topological polar surface area (TPSA) is 40.6 Å². The highest BCUT2D eigenvalue weighted by molar-refractivity contribution is 6.04. The van der Waals surface area contributed by atoms with Crippen molar-refractivity contribution in [2.45, 2.75) is 13.3 Å². The molecule has 0 bridgehead atoms. The van der Waals surface area contributed by atoms with Gasteiger partial charge < -0.3 is 9.80 Å². The molecule has 2 amide bonds. The Bertz CT molecular complexity index is 800. The second-order valence-electron chi connectivity index (χ2n) is 6.27. The van der Waals surface area contributed by atoms with Crippen LogP contribution in [0.2, 0.25) is 0 Å². The molecule has 0 saturated carbocycles. The highest BCUT2D eigenvalue weighted by Crippen LogP contribution is 2.28. The van der Waals surface area contributed by atoms with Gasteiger partial charge in [0, 0.05) is 37.5 Å². The highest BCUT2D eigenvalue weighted by atomic mass is 19.1. The van der Waals surface area contributed by atoms with Crippen LogP contribution >= 0.6 is 0 Å². The van der Waals surface area contributed by atoms with Crippen molar-refractivity contribution in [3.63, 3.8) is 0 Å². The summed E-state index contributed by atoms with van der Waals surface area (Å²) in [6.07, 6.45) is 0.0210. The zero-order valence-electron chi connectivity index (χ0n) is 14.0. The normalized spacial score (nSPS) is 17.0. The molecule has 3 rings (SSSR count). The minimum Gasteiger partial charge on any atom is -0.315 e. The number of nitrogens with zero attached hydrogens (tertiary/aromatic N) is 2. The van der Waals surface area contributed by atoms with Gasteiger partial charge in [-0.05, 0) is 31.2 Å². The molecule has 1 heterocycles. The Morgan fingerprint density at radius 2 is 1.72 bits per heavy atom. The van der Waals surface area contributed by atoms with Gasteiger partial charge in [-0.2, -0.15) is 0 Å². The van der Waals surface area contributed by atoms with Gasteiger partial charge in [0.1, 0.15) is 11.6 Å². The van der Waals surface area contributed by atoms with E-state index in [0.29, 0.717) is 0 Å². The van der Waals surface area contributed by atoms with Crippen molar-refractivity contribution in [1.82, 2.24) is 0 Å². The van der Waals surface area contributed by atoms with Gasteiger partial charge >= 0.3 is 0 Å². The van der Waals surface area contributed by atoms with E-state index in [-0.39, 0.29) is 30.5 Å². The third-order valence-electron chi connectivity index (χ3n) is 4.39. The Balaban J connectivity index is 1.77. The Kier molecular flexibility index (Phi) is 4.53. The maximum atomic E-state index is 13.4. The number of hydrogen-bond acceptors (Lipinski definition) is 2. The lowest BCUT2D eigenvalue weighted by molar-refractivity contribution is -0.124. The molecule has 1 fully saturated rings. The standard InChI is InChI=1S/C19H18F2N2O2/c1-12-3-5-16(6-4-12)22(2)19(25)13-7-18(24)23(11-13)17-9-14(20)8-15(21)10-17/h3-6,8-10,13H,7,11H2,1-2H3. The lowest BCUT2D eigenvalue weighted by Gasteiger charge is -2.22. The van der Waals surface area contributed by atoms with Gasteiger partial charge in [0.05, 0.1) is 5.92 Å². The van der Waals surface area contributed by atoms with Crippen LogP contribution in [-0.2, 0) is 9.59 Å². The average Bonchev–Trinajstić information content (AvgIpc) is 2.95. The molecule has 25 heavy (non-hydrogen) atoms. The maximum absolute atomic E-state index is 13.4. The number of rotatable bonds is 3. The smallest absolute Gasteiger partial charge is 0.232 e. The van der Waals surface area contributed by atoms with Gasteiger partial charge in [-0.1, -0.05) is 17.7 Å². The minimum atomic E-state index is -0.755. The fourth-order valence-corrected chi connectivity index (χ4v) is 2.99. The van der Waals surface area contributed by atoms with E-state index in [4.69, 9.17) is 0 Å². The number of carbonyl (C=O) groups is 2. The fraction of sp³-hybridized carbons (Fsp3) is 0.263. The zero-order chi connectivity index (χ0) is 18.1. The monoisotopic (exact) mass is 344 g/mol. The number of carbonyl (C=O) groups excluding carboxylic acids is 2. The first kappa shape index (κ1) is 17.1. The predicted molar refractivity (Wildman–Crippen MR) is 91.4 cm³/mol. The van der Waals surface area contributed by atoms with Crippen LogP contribution in [0.3, 0.4) is 0 Å². The second-order valence-corrected chi connectivity index (χ2v) is 6.27. The van der Waals surface area contributed by atoms with Crippen molar-refractivity contribution in [2.24, 2.45) is 5.92 Å². The molecule has 130 valence electrons. The molecular weight excluding hydrogens is 326 g/mol. The van der Waals surface area contributed by atoms with E-state index in [0.717, 1.165) is 29.4 Å². The van der Waals surface area contributed by atoms with Crippen LogP contribution in [0.1, 0.15) is 12.0 Å². The first-order valence-electron chi connectivity index (χ1n) is 7.96. The summed E-state index contributed by atoms with van der Waals surface area (Å²) in [5.74, 6) is -2.58. The summed E-state index contributed by atoms with van der Waals surface area (Å²) in [6.45, 7) is 2.06. The lowest BCUT2D eigenvalue weighted by Crippen LogP contribution is -2.34. The van der Waals surface area contributed by atoms with Crippen molar-refractivity contribution in [1.29, 1.82) is 0 Å². The molecule has 0 spiro atoms. The quantitative estimate of drug-likeness (QED) is 0.857. The first-order chi connectivity index (χ1) is 11.8. The molecule has 1 saturated heterocycles. The number of aryl methyl sites for hydroxylation is 1. The summed E-state index contributed by atoms with van der Waals surface area (Å²) in [6, 6.07) is 10.4. The van der Waals surface area contributed by atoms with Gasteiger partial charge in [-0.25, -0.2) is 8.78 Å². The predicted octanol–water partition coefficient (Wildman–Crippen LogP) is 3.29. The van der Waals surface area contributed by atoms with Crippen molar-refractivity contribution in [3.8, 4) is 0 Å². The number of hydrogen-bond donors (Lipinski definition) is 0. The van der Waals surface area contributed by atoms with Crippen LogP contribution in [0.15, 0.2) is 42.5 Å². The summed E-state index contributed by atoms with van der Waals surface area (Å²) in [5, 5.41) is 0. The maximum Gasteiger partial charge on any atom is 0.232 e. The van der Waals surface area contributed by atoms with E-state index in [9.17, 15) is 18.4 Å².